The lowest BCUT2D eigenvalue weighted by molar-refractivity contribution is -0.132. The van der Waals surface area contributed by atoms with Gasteiger partial charge in [0, 0.05) is 22.7 Å². The molecule has 1 aliphatic rings. The zero-order valence-corrected chi connectivity index (χ0v) is 10.0. The Kier molecular flexibility index (Phi) is 2.84. The third-order valence-corrected chi connectivity index (χ3v) is 3.70. The van der Waals surface area contributed by atoms with Crippen molar-refractivity contribution in [1.82, 2.24) is 4.98 Å². The van der Waals surface area contributed by atoms with E-state index in [1.807, 2.05) is 12.1 Å². The zero-order valence-electron chi connectivity index (χ0n) is 10.0. The van der Waals surface area contributed by atoms with Crippen LogP contribution in [-0.2, 0) is 10.3 Å². The first-order valence-electron chi connectivity index (χ1n) is 6.00. The standard InChI is InChI=1S/C13H15NO5/c15-6-10-13(18,11(16)12(17)19-10)8-5-14-9-4-2-1-3-7(8)9/h1-5,10-12,14-18H,6H2/t10-,11+,12+,13-/m1/s1. The van der Waals surface area contributed by atoms with Gasteiger partial charge in [-0.1, -0.05) is 18.2 Å². The molecule has 3 rings (SSSR count). The number of aliphatic hydroxyl groups excluding tert-OH is 3. The van der Waals surface area contributed by atoms with Crippen LogP contribution in [0.4, 0.5) is 0 Å². The molecule has 1 aliphatic heterocycles. The number of benzene rings is 1. The van der Waals surface area contributed by atoms with Gasteiger partial charge in [-0.05, 0) is 6.07 Å². The molecule has 102 valence electrons. The third kappa shape index (κ3) is 1.62. The molecule has 1 saturated heterocycles. The van der Waals surface area contributed by atoms with Crippen LogP contribution in [-0.4, -0.2) is 50.5 Å². The quantitative estimate of drug-likeness (QED) is 0.500. The molecule has 1 fully saturated rings. The molecule has 19 heavy (non-hydrogen) atoms. The first-order valence-corrected chi connectivity index (χ1v) is 6.00. The largest absolute Gasteiger partial charge is 0.394 e. The molecule has 0 spiro atoms. The van der Waals surface area contributed by atoms with E-state index in [1.165, 1.54) is 0 Å². The number of H-pyrrole nitrogens is 1. The Morgan fingerprint density at radius 1 is 1.26 bits per heavy atom. The van der Waals surface area contributed by atoms with Gasteiger partial charge in [0.1, 0.15) is 12.2 Å². The summed E-state index contributed by atoms with van der Waals surface area (Å²) in [6.07, 6.45) is -2.59. The van der Waals surface area contributed by atoms with E-state index in [1.54, 1.807) is 18.3 Å². The first kappa shape index (κ1) is 12.6. The Bertz CT molecular complexity index is 597. The van der Waals surface area contributed by atoms with Gasteiger partial charge in [0.15, 0.2) is 11.9 Å². The number of aliphatic hydroxyl groups is 4. The van der Waals surface area contributed by atoms with E-state index in [4.69, 9.17) is 4.74 Å². The van der Waals surface area contributed by atoms with E-state index < -0.39 is 30.7 Å². The number of hydrogen-bond donors (Lipinski definition) is 5. The van der Waals surface area contributed by atoms with Crippen LogP contribution in [0, 0.1) is 0 Å². The van der Waals surface area contributed by atoms with E-state index >= 15 is 0 Å². The molecule has 0 amide bonds. The van der Waals surface area contributed by atoms with E-state index in [-0.39, 0.29) is 0 Å². The monoisotopic (exact) mass is 265 g/mol. The molecule has 5 N–H and O–H groups in total. The lowest BCUT2D eigenvalue weighted by atomic mass is 9.85. The number of nitrogens with one attached hydrogen (secondary N) is 1. The van der Waals surface area contributed by atoms with Crippen molar-refractivity contribution in [2.24, 2.45) is 0 Å². The van der Waals surface area contributed by atoms with Gasteiger partial charge in [-0.15, -0.1) is 0 Å². The van der Waals surface area contributed by atoms with Crippen molar-refractivity contribution in [3.05, 3.63) is 36.0 Å². The highest BCUT2D eigenvalue weighted by molar-refractivity contribution is 5.84. The minimum atomic E-state index is -1.85. The highest BCUT2D eigenvalue weighted by Gasteiger charge is 2.56. The molecule has 6 nitrogen and oxygen atoms in total. The topological polar surface area (TPSA) is 106 Å². The number of hydrogen-bond acceptors (Lipinski definition) is 5. The zero-order chi connectivity index (χ0) is 13.6. The number of aromatic nitrogens is 1. The molecular formula is C13H15NO5. The summed E-state index contributed by atoms with van der Waals surface area (Å²) in [6, 6.07) is 7.25. The van der Waals surface area contributed by atoms with E-state index in [0.717, 1.165) is 5.52 Å². The number of ether oxygens (including phenoxy) is 1. The maximum Gasteiger partial charge on any atom is 0.184 e. The molecule has 0 bridgehead atoms. The second kappa shape index (κ2) is 4.29. The number of para-hydroxylation sites is 1. The van der Waals surface area contributed by atoms with E-state index in [2.05, 4.69) is 4.98 Å². The van der Waals surface area contributed by atoms with Gasteiger partial charge < -0.3 is 30.1 Å². The first-order chi connectivity index (χ1) is 9.09. The summed E-state index contributed by atoms with van der Waals surface area (Å²) in [5.74, 6) is 0. The van der Waals surface area contributed by atoms with Crippen molar-refractivity contribution in [2.75, 3.05) is 6.61 Å². The minimum absolute atomic E-state index is 0.395. The number of rotatable bonds is 2. The van der Waals surface area contributed by atoms with Gasteiger partial charge in [0.05, 0.1) is 6.61 Å². The average molecular weight is 265 g/mol. The summed E-state index contributed by atoms with van der Waals surface area (Å²) in [6.45, 7) is -0.510. The molecule has 6 heteroatoms. The Morgan fingerprint density at radius 3 is 2.74 bits per heavy atom. The van der Waals surface area contributed by atoms with Crippen molar-refractivity contribution < 1.29 is 25.2 Å². The van der Waals surface area contributed by atoms with Crippen LogP contribution in [0.5, 0.6) is 0 Å². The van der Waals surface area contributed by atoms with Crippen LogP contribution >= 0.6 is 0 Å². The highest BCUT2D eigenvalue weighted by Crippen LogP contribution is 2.41. The predicted octanol–water partition coefficient (Wildman–Crippen LogP) is -0.574. The Labute approximate surface area is 108 Å². The summed E-state index contributed by atoms with van der Waals surface area (Å²) >= 11 is 0. The van der Waals surface area contributed by atoms with Gasteiger partial charge in [0.25, 0.3) is 0 Å². The van der Waals surface area contributed by atoms with Crippen molar-refractivity contribution >= 4 is 10.9 Å². The molecule has 0 aliphatic carbocycles. The molecule has 2 aromatic rings. The molecule has 2 heterocycles. The normalized spacial score (nSPS) is 35.1. The van der Waals surface area contributed by atoms with Crippen molar-refractivity contribution in [2.45, 2.75) is 24.1 Å². The van der Waals surface area contributed by atoms with E-state index in [9.17, 15) is 20.4 Å². The summed E-state index contributed by atoms with van der Waals surface area (Å²) in [7, 11) is 0. The summed E-state index contributed by atoms with van der Waals surface area (Å²) in [5.41, 5.74) is -0.671. The van der Waals surface area contributed by atoms with Gasteiger partial charge in [-0.25, -0.2) is 0 Å². The van der Waals surface area contributed by atoms with Gasteiger partial charge in [0.2, 0.25) is 0 Å². The molecule has 0 unspecified atom stereocenters. The lowest BCUT2D eigenvalue weighted by Gasteiger charge is -2.29. The number of fused-ring (bicyclic) bond motifs is 1. The lowest BCUT2D eigenvalue weighted by Crippen LogP contribution is -2.46. The fraction of sp³-hybridized carbons (Fsp3) is 0.385. The highest BCUT2D eigenvalue weighted by atomic mass is 16.7. The van der Waals surface area contributed by atoms with Crippen LogP contribution in [0.15, 0.2) is 30.5 Å². The maximum absolute atomic E-state index is 10.7. The van der Waals surface area contributed by atoms with Crippen LogP contribution in [0.2, 0.25) is 0 Å². The van der Waals surface area contributed by atoms with Gasteiger partial charge >= 0.3 is 0 Å². The molecular weight excluding hydrogens is 250 g/mol. The van der Waals surface area contributed by atoms with Crippen LogP contribution in [0.25, 0.3) is 10.9 Å². The predicted molar refractivity (Wildman–Crippen MR) is 66.2 cm³/mol. The number of aromatic amines is 1. The second-order valence-electron chi connectivity index (χ2n) is 4.72. The molecule has 4 atom stereocenters. The van der Waals surface area contributed by atoms with Crippen molar-refractivity contribution in [1.29, 1.82) is 0 Å². The summed E-state index contributed by atoms with van der Waals surface area (Å²) in [5, 5.41) is 40.3. The Morgan fingerprint density at radius 2 is 2.00 bits per heavy atom. The smallest absolute Gasteiger partial charge is 0.184 e. The maximum atomic E-state index is 10.7. The molecule has 1 aromatic carbocycles. The van der Waals surface area contributed by atoms with Crippen LogP contribution < -0.4 is 0 Å². The van der Waals surface area contributed by atoms with Crippen molar-refractivity contribution in [3.8, 4) is 0 Å². The molecule has 0 radical (unpaired) electrons. The average Bonchev–Trinajstić information content (AvgIpc) is 2.95. The molecule has 0 saturated carbocycles. The third-order valence-electron chi connectivity index (χ3n) is 3.70. The van der Waals surface area contributed by atoms with Gasteiger partial charge in [-0.3, -0.25) is 0 Å². The second-order valence-corrected chi connectivity index (χ2v) is 4.72. The fourth-order valence-corrected chi connectivity index (χ4v) is 2.67. The summed E-state index contributed by atoms with van der Waals surface area (Å²) in [4.78, 5) is 2.98. The minimum Gasteiger partial charge on any atom is -0.394 e. The van der Waals surface area contributed by atoms with Crippen LogP contribution in [0.3, 0.4) is 0 Å². The Hall–Kier alpha value is -1.44. The molecule has 1 aromatic heterocycles. The van der Waals surface area contributed by atoms with E-state index in [0.29, 0.717) is 10.9 Å². The van der Waals surface area contributed by atoms with Gasteiger partial charge in [-0.2, -0.15) is 0 Å². The Balaban J connectivity index is 2.18. The summed E-state index contributed by atoms with van der Waals surface area (Å²) < 4.78 is 5.00. The SMILES string of the molecule is OC[C@H]1O[C@H](O)[C@H](O)[C@@]1(O)c1c[nH]c2ccccc12. The van der Waals surface area contributed by atoms with Crippen LogP contribution in [0.1, 0.15) is 5.56 Å². The fourth-order valence-electron chi connectivity index (χ4n) is 2.67. The van der Waals surface area contributed by atoms with Crippen molar-refractivity contribution in [3.63, 3.8) is 0 Å².